The predicted octanol–water partition coefficient (Wildman–Crippen LogP) is 0.704. The first-order valence-electron chi connectivity index (χ1n) is 4.44. The molecule has 0 saturated carbocycles. The molecule has 0 atom stereocenters. The largest absolute Gasteiger partial charge is 0.477 e. The number of benzene rings is 1. The molecule has 1 rings (SSSR count). The number of nitrogens with one attached hydrogen (secondary N) is 1. The normalized spacial score (nSPS) is 10.5. The Morgan fingerprint density at radius 1 is 1.40 bits per heavy atom. The van der Waals surface area contributed by atoms with Gasteiger partial charge in [0.15, 0.2) is 0 Å². The first-order chi connectivity index (χ1) is 7.22. The number of hydrogen-bond donors (Lipinski definition) is 3. The van der Waals surface area contributed by atoms with E-state index in [1.54, 1.807) is 12.1 Å². The van der Waals surface area contributed by atoms with Crippen molar-refractivity contribution in [3.8, 4) is 0 Å². The molecule has 0 radical (unpaired) electrons. The summed E-state index contributed by atoms with van der Waals surface area (Å²) in [5.41, 5.74) is 4.29. The van der Waals surface area contributed by atoms with Gasteiger partial charge in [0, 0.05) is 6.61 Å². The van der Waals surface area contributed by atoms with Crippen LogP contribution in [0.5, 0.6) is 0 Å². The van der Waals surface area contributed by atoms with Gasteiger partial charge >= 0.3 is 5.97 Å². The molecule has 0 fully saturated rings. The van der Waals surface area contributed by atoms with Crippen LogP contribution in [0.3, 0.4) is 0 Å². The zero-order valence-corrected chi connectivity index (χ0v) is 8.05. The standard InChI is InChI=1S/C10H12N2O3/c13-6-5-8-1-3-9(4-2-8)12-11-7-10(14)15/h1-4,7,12-13H,5-6H2,(H,14,15). The zero-order valence-electron chi connectivity index (χ0n) is 8.05. The molecule has 80 valence electrons. The molecule has 1 aromatic carbocycles. The minimum atomic E-state index is -1.10. The van der Waals surface area contributed by atoms with Crippen LogP contribution in [0.1, 0.15) is 5.56 Å². The summed E-state index contributed by atoms with van der Waals surface area (Å²) in [5, 5.41) is 20.5. The van der Waals surface area contributed by atoms with Crippen LogP contribution in [0.25, 0.3) is 0 Å². The van der Waals surface area contributed by atoms with Gasteiger partial charge in [0.2, 0.25) is 0 Å². The molecule has 0 unspecified atom stereocenters. The molecule has 1 aromatic rings. The summed E-state index contributed by atoms with van der Waals surface area (Å²) in [7, 11) is 0. The third-order valence-corrected chi connectivity index (χ3v) is 1.72. The summed E-state index contributed by atoms with van der Waals surface area (Å²) in [5.74, 6) is -1.10. The van der Waals surface area contributed by atoms with Crippen molar-refractivity contribution in [2.24, 2.45) is 5.10 Å². The first-order valence-corrected chi connectivity index (χ1v) is 4.44. The van der Waals surface area contributed by atoms with Gasteiger partial charge < -0.3 is 10.2 Å². The zero-order chi connectivity index (χ0) is 11.1. The van der Waals surface area contributed by atoms with Gasteiger partial charge in [-0.1, -0.05) is 12.1 Å². The molecule has 0 aromatic heterocycles. The fraction of sp³-hybridized carbons (Fsp3) is 0.200. The molecule has 0 heterocycles. The summed E-state index contributed by atoms with van der Waals surface area (Å²) in [6.45, 7) is 0.115. The highest BCUT2D eigenvalue weighted by molar-refractivity contribution is 6.22. The second-order valence-corrected chi connectivity index (χ2v) is 2.88. The molecule has 0 aliphatic carbocycles. The first kappa shape index (κ1) is 11.2. The summed E-state index contributed by atoms with van der Waals surface area (Å²) >= 11 is 0. The Morgan fingerprint density at radius 3 is 2.60 bits per heavy atom. The van der Waals surface area contributed by atoms with Gasteiger partial charge in [0.05, 0.1) is 5.69 Å². The summed E-state index contributed by atoms with van der Waals surface area (Å²) < 4.78 is 0. The number of carbonyl (C=O) groups is 1. The van der Waals surface area contributed by atoms with E-state index < -0.39 is 5.97 Å². The third kappa shape index (κ3) is 4.24. The Hall–Kier alpha value is -1.88. The van der Waals surface area contributed by atoms with Gasteiger partial charge in [-0.15, -0.1) is 0 Å². The lowest BCUT2D eigenvalue weighted by Crippen LogP contribution is -1.98. The van der Waals surface area contributed by atoms with Crippen molar-refractivity contribution >= 4 is 17.9 Å². The Bertz CT molecular complexity index is 346. The molecule has 0 saturated heterocycles. The molecule has 0 spiro atoms. The quantitative estimate of drug-likeness (QED) is 0.491. The molecular weight excluding hydrogens is 196 g/mol. The maximum atomic E-state index is 10.1. The number of nitrogens with zero attached hydrogens (tertiary/aromatic N) is 1. The molecule has 0 bridgehead atoms. The van der Waals surface area contributed by atoms with Gasteiger partial charge in [0.25, 0.3) is 0 Å². The van der Waals surface area contributed by atoms with Gasteiger partial charge in [-0.2, -0.15) is 5.10 Å². The number of aliphatic hydroxyl groups excluding tert-OH is 1. The monoisotopic (exact) mass is 208 g/mol. The van der Waals surface area contributed by atoms with E-state index in [1.165, 1.54) is 0 Å². The SMILES string of the molecule is O=C(O)C=NNc1ccc(CCO)cc1. The Balaban J connectivity index is 2.53. The molecule has 0 amide bonds. The number of aliphatic hydroxyl groups is 1. The molecule has 5 heteroatoms. The van der Waals surface area contributed by atoms with Gasteiger partial charge in [0.1, 0.15) is 6.21 Å². The maximum Gasteiger partial charge on any atom is 0.348 e. The topological polar surface area (TPSA) is 81.9 Å². The average Bonchev–Trinajstić information content (AvgIpc) is 2.20. The minimum Gasteiger partial charge on any atom is -0.477 e. The fourth-order valence-corrected chi connectivity index (χ4v) is 1.04. The van der Waals surface area contributed by atoms with Crippen LogP contribution in [0.15, 0.2) is 29.4 Å². The molecular formula is C10H12N2O3. The van der Waals surface area contributed by atoms with Crippen molar-refractivity contribution in [3.05, 3.63) is 29.8 Å². The third-order valence-electron chi connectivity index (χ3n) is 1.72. The predicted molar refractivity (Wildman–Crippen MR) is 57.0 cm³/mol. The highest BCUT2D eigenvalue weighted by Crippen LogP contribution is 2.09. The molecule has 15 heavy (non-hydrogen) atoms. The lowest BCUT2D eigenvalue weighted by atomic mass is 10.1. The van der Waals surface area contributed by atoms with Crippen LogP contribution in [0.4, 0.5) is 5.69 Å². The lowest BCUT2D eigenvalue weighted by Gasteiger charge is -2.01. The Labute approximate surface area is 87.1 Å². The van der Waals surface area contributed by atoms with E-state index in [0.717, 1.165) is 11.8 Å². The number of hydrogen-bond acceptors (Lipinski definition) is 4. The number of carboxylic acid groups (broad SMARTS) is 1. The highest BCUT2D eigenvalue weighted by Gasteiger charge is 1.93. The van der Waals surface area contributed by atoms with Crippen LogP contribution in [-0.4, -0.2) is 29.0 Å². The summed E-state index contributed by atoms with van der Waals surface area (Å²) in [4.78, 5) is 10.1. The Morgan fingerprint density at radius 2 is 2.07 bits per heavy atom. The number of carboxylic acids is 1. The van der Waals surface area contributed by atoms with Crippen molar-refractivity contribution in [1.82, 2.24) is 0 Å². The average molecular weight is 208 g/mol. The van der Waals surface area contributed by atoms with E-state index in [0.29, 0.717) is 12.1 Å². The second kappa shape index (κ2) is 5.77. The van der Waals surface area contributed by atoms with E-state index in [2.05, 4.69) is 10.5 Å². The van der Waals surface area contributed by atoms with E-state index in [9.17, 15) is 4.79 Å². The highest BCUT2D eigenvalue weighted by atomic mass is 16.4. The van der Waals surface area contributed by atoms with Crippen LogP contribution in [-0.2, 0) is 11.2 Å². The van der Waals surface area contributed by atoms with Crippen LogP contribution in [0.2, 0.25) is 0 Å². The van der Waals surface area contributed by atoms with Crippen molar-refractivity contribution in [3.63, 3.8) is 0 Å². The van der Waals surface area contributed by atoms with Crippen LogP contribution in [0, 0.1) is 0 Å². The smallest absolute Gasteiger partial charge is 0.348 e. The maximum absolute atomic E-state index is 10.1. The van der Waals surface area contributed by atoms with Crippen molar-refractivity contribution < 1.29 is 15.0 Å². The van der Waals surface area contributed by atoms with Gasteiger partial charge in [-0.25, -0.2) is 4.79 Å². The number of rotatable bonds is 5. The molecule has 5 nitrogen and oxygen atoms in total. The fourth-order valence-electron chi connectivity index (χ4n) is 1.04. The van der Waals surface area contributed by atoms with E-state index in [4.69, 9.17) is 10.2 Å². The second-order valence-electron chi connectivity index (χ2n) is 2.88. The molecule has 0 aliphatic heterocycles. The summed E-state index contributed by atoms with van der Waals surface area (Å²) in [6.07, 6.45) is 1.39. The van der Waals surface area contributed by atoms with E-state index in [1.807, 2.05) is 12.1 Å². The van der Waals surface area contributed by atoms with Gasteiger partial charge in [-0.3, -0.25) is 5.43 Å². The van der Waals surface area contributed by atoms with Crippen molar-refractivity contribution in [2.75, 3.05) is 12.0 Å². The number of aliphatic carboxylic acids is 1. The van der Waals surface area contributed by atoms with E-state index >= 15 is 0 Å². The van der Waals surface area contributed by atoms with Gasteiger partial charge in [-0.05, 0) is 24.1 Å². The van der Waals surface area contributed by atoms with Crippen molar-refractivity contribution in [2.45, 2.75) is 6.42 Å². The number of anilines is 1. The van der Waals surface area contributed by atoms with Crippen molar-refractivity contribution in [1.29, 1.82) is 0 Å². The van der Waals surface area contributed by atoms with Crippen LogP contribution >= 0.6 is 0 Å². The van der Waals surface area contributed by atoms with Crippen LogP contribution < -0.4 is 5.43 Å². The number of hydrazone groups is 1. The minimum absolute atomic E-state index is 0.115. The summed E-state index contributed by atoms with van der Waals surface area (Å²) in [6, 6.07) is 7.22. The lowest BCUT2D eigenvalue weighted by molar-refractivity contribution is -0.128. The molecule has 0 aliphatic rings. The Kier molecular flexibility index (Phi) is 4.30. The van der Waals surface area contributed by atoms with E-state index in [-0.39, 0.29) is 6.61 Å². The molecule has 3 N–H and O–H groups in total.